The van der Waals surface area contributed by atoms with Crippen LogP contribution in [0.4, 0.5) is 0 Å². The van der Waals surface area contributed by atoms with Gasteiger partial charge in [0.25, 0.3) is 0 Å². The van der Waals surface area contributed by atoms with Crippen LogP contribution in [0.1, 0.15) is 0 Å². The average molecular weight is 153 g/mol. The van der Waals surface area contributed by atoms with Gasteiger partial charge in [0, 0.05) is 20.3 Å². The third kappa shape index (κ3) is 4.97. The van der Waals surface area contributed by atoms with E-state index < -0.39 is 0 Å². The summed E-state index contributed by atoms with van der Waals surface area (Å²) in [5, 5.41) is 10.9. The number of carbonyl (C=O) groups is 1. The zero-order chi connectivity index (χ0) is 8.69. The normalized spacial score (nSPS) is 10.1. The highest BCUT2D eigenvalue weighted by atomic mass is 16.1. The summed E-state index contributed by atoms with van der Waals surface area (Å²) in [5.41, 5.74) is 0.530. The Morgan fingerprint density at radius 2 is 2.36 bits per heavy atom. The minimum atomic E-state index is 0.290. The zero-order valence-electron chi connectivity index (χ0n) is 6.66. The molecule has 0 saturated carbocycles. The van der Waals surface area contributed by atoms with Gasteiger partial charge in [0.15, 0.2) is 0 Å². The van der Waals surface area contributed by atoms with Gasteiger partial charge < -0.3 is 10.2 Å². The molecule has 60 valence electrons. The van der Waals surface area contributed by atoms with Crippen molar-refractivity contribution in [3.8, 4) is 6.07 Å². The first kappa shape index (κ1) is 9.50. The van der Waals surface area contributed by atoms with E-state index in [2.05, 4.69) is 5.32 Å². The van der Waals surface area contributed by atoms with Crippen molar-refractivity contribution in [3.63, 3.8) is 0 Å². The van der Waals surface area contributed by atoms with Gasteiger partial charge >= 0.3 is 0 Å². The zero-order valence-corrected chi connectivity index (χ0v) is 6.66. The highest BCUT2D eigenvalue weighted by Crippen LogP contribution is 1.90. The summed E-state index contributed by atoms with van der Waals surface area (Å²) >= 11 is 0. The van der Waals surface area contributed by atoms with Gasteiger partial charge in [-0.15, -0.1) is 0 Å². The molecule has 0 unspecified atom stereocenters. The number of hydrogen-bond acceptors (Lipinski definition) is 3. The predicted molar refractivity (Wildman–Crippen MR) is 41.4 cm³/mol. The Balaban J connectivity index is 3.97. The summed E-state index contributed by atoms with van der Waals surface area (Å²) < 4.78 is 0. The SMILES string of the molecule is CN(C)/C=C(\C#N)CNC=O. The first-order valence-corrected chi connectivity index (χ1v) is 3.15. The largest absolute Gasteiger partial charge is 0.383 e. The molecule has 0 spiro atoms. The van der Waals surface area contributed by atoms with E-state index in [1.54, 1.807) is 11.1 Å². The molecular weight excluding hydrogens is 142 g/mol. The maximum absolute atomic E-state index is 9.85. The van der Waals surface area contributed by atoms with Gasteiger partial charge in [0.1, 0.15) is 0 Å². The number of rotatable bonds is 4. The van der Waals surface area contributed by atoms with E-state index in [4.69, 9.17) is 5.26 Å². The molecule has 0 aliphatic rings. The Hall–Kier alpha value is -1.50. The number of hydrogen-bond donors (Lipinski definition) is 1. The molecule has 4 nitrogen and oxygen atoms in total. The topological polar surface area (TPSA) is 56.1 Å². The lowest BCUT2D eigenvalue weighted by Crippen LogP contribution is -2.15. The van der Waals surface area contributed by atoms with Crippen molar-refractivity contribution >= 4 is 6.41 Å². The summed E-state index contributed by atoms with van der Waals surface area (Å²) in [7, 11) is 3.64. The fraction of sp³-hybridized carbons (Fsp3) is 0.429. The van der Waals surface area contributed by atoms with E-state index in [9.17, 15) is 4.79 Å². The van der Waals surface area contributed by atoms with E-state index in [0.717, 1.165) is 0 Å². The summed E-state index contributed by atoms with van der Waals surface area (Å²) in [4.78, 5) is 11.6. The predicted octanol–water partition coefficient (Wildman–Crippen LogP) is -0.299. The molecule has 0 heterocycles. The highest BCUT2D eigenvalue weighted by Gasteiger charge is 1.93. The first-order chi connectivity index (χ1) is 5.20. The number of nitrogens with one attached hydrogen (secondary N) is 1. The Morgan fingerprint density at radius 3 is 2.73 bits per heavy atom. The van der Waals surface area contributed by atoms with Crippen LogP contribution in [0, 0.1) is 11.3 Å². The minimum Gasteiger partial charge on any atom is -0.383 e. The van der Waals surface area contributed by atoms with Gasteiger partial charge in [0.2, 0.25) is 6.41 Å². The van der Waals surface area contributed by atoms with E-state index in [-0.39, 0.29) is 6.54 Å². The van der Waals surface area contributed by atoms with Gasteiger partial charge in [-0.25, -0.2) is 0 Å². The van der Waals surface area contributed by atoms with E-state index >= 15 is 0 Å². The number of nitrogens with zero attached hydrogens (tertiary/aromatic N) is 2. The smallest absolute Gasteiger partial charge is 0.207 e. The van der Waals surface area contributed by atoms with Crippen LogP contribution < -0.4 is 5.32 Å². The lowest BCUT2D eigenvalue weighted by molar-refractivity contribution is -0.109. The fourth-order valence-electron chi connectivity index (χ4n) is 0.577. The van der Waals surface area contributed by atoms with Crippen molar-refractivity contribution in [2.75, 3.05) is 20.6 Å². The lowest BCUT2D eigenvalue weighted by Gasteiger charge is -2.05. The first-order valence-electron chi connectivity index (χ1n) is 3.15. The molecule has 0 fully saturated rings. The molecule has 1 N–H and O–H groups in total. The molecule has 1 amide bonds. The fourth-order valence-corrected chi connectivity index (χ4v) is 0.577. The molecule has 0 rings (SSSR count). The summed E-state index contributed by atoms with van der Waals surface area (Å²) in [6, 6.07) is 1.97. The Morgan fingerprint density at radius 1 is 1.73 bits per heavy atom. The molecule has 0 aliphatic heterocycles. The van der Waals surface area contributed by atoms with E-state index in [1.165, 1.54) is 0 Å². The average Bonchev–Trinajstić information content (AvgIpc) is 1.97. The van der Waals surface area contributed by atoms with Crippen molar-refractivity contribution in [3.05, 3.63) is 11.8 Å². The molecule has 11 heavy (non-hydrogen) atoms. The van der Waals surface area contributed by atoms with Crippen LogP contribution in [0.5, 0.6) is 0 Å². The molecule has 0 aromatic rings. The van der Waals surface area contributed by atoms with Crippen LogP contribution in [-0.2, 0) is 4.79 Å². The number of nitriles is 1. The van der Waals surface area contributed by atoms with Crippen LogP contribution in [0.3, 0.4) is 0 Å². The van der Waals surface area contributed by atoms with Gasteiger partial charge in [-0.1, -0.05) is 0 Å². The second kappa shape index (κ2) is 5.30. The number of amides is 1. The molecule has 0 aromatic carbocycles. The Labute approximate surface area is 66.1 Å². The molecule has 0 bridgehead atoms. The Kier molecular flexibility index (Phi) is 4.58. The molecule has 0 radical (unpaired) electrons. The van der Waals surface area contributed by atoms with Gasteiger partial charge in [0.05, 0.1) is 18.2 Å². The molecular formula is C7H11N3O. The lowest BCUT2D eigenvalue weighted by atomic mass is 10.3. The third-order valence-electron chi connectivity index (χ3n) is 0.933. The maximum atomic E-state index is 9.85. The van der Waals surface area contributed by atoms with Crippen molar-refractivity contribution in [1.82, 2.24) is 10.2 Å². The van der Waals surface area contributed by atoms with Crippen LogP contribution in [-0.4, -0.2) is 32.0 Å². The van der Waals surface area contributed by atoms with Crippen LogP contribution in [0.2, 0.25) is 0 Å². The minimum absolute atomic E-state index is 0.290. The van der Waals surface area contributed by atoms with Crippen LogP contribution in [0.25, 0.3) is 0 Å². The highest BCUT2D eigenvalue weighted by molar-refractivity contribution is 5.47. The third-order valence-corrected chi connectivity index (χ3v) is 0.933. The molecule has 0 saturated heterocycles. The van der Waals surface area contributed by atoms with Crippen molar-refractivity contribution in [2.45, 2.75) is 0 Å². The summed E-state index contributed by atoms with van der Waals surface area (Å²) in [6.45, 7) is 0.290. The molecule has 0 aromatic heterocycles. The van der Waals surface area contributed by atoms with Gasteiger partial charge in [-0.3, -0.25) is 4.79 Å². The summed E-state index contributed by atoms with van der Waals surface area (Å²) in [5.74, 6) is 0. The van der Waals surface area contributed by atoms with Crippen LogP contribution in [0.15, 0.2) is 11.8 Å². The van der Waals surface area contributed by atoms with Crippen molar-refractivity contribution in [2.24, 2.45) is 0 Å². The van der Waals surface area contributed by atoms with Crippen molar-refractivity contribution in [1.29, 1.82) is 5.26 Å². The molecule has 0 aliphatic carbocycles. The van der Waals surface area contributed by atoms with Gasteiger partial charge in [-0.05, 0) is 0 Å². The van der Waals surface area contributed by atoms with E-state index in [1.807, 2.05) is 20.2 Å². The van der Waals surface area contributed by atoms with Crippen LogP contribution >= 0.6 is 0 Å². The second-order valence-corrected chi connectivity index (χ2v) is 2.23. The quantitative estimate of drug-likeness (QED) is 0.445. The van der Waals surface area contributed by atoms with Gasteiger partial charge in [-0.2, -0.15) is 5.26 Å². The second-order valence-electron chi connectivity index (χ2n) is 2.23. The Bertz CT molecular complexity index is 190. The molecule has 0 atom stereocenters. The van der Waals surface area contributed by atoms with E-state index in [0.29, 0.717) is 12.0 Å². The molecule has 4 heteroatoms. The maximum Gasteiger partial charge on any atom is 0.207 e. The number of carbonyl (C=O) groups excluding carboxylic acids is 1. The monoisotopic (exact) mass is 153 g/mol. The standard InChI is InChI=1S/C7H11N3O/c1-10(2)5-7(3-8)4-9-6-11/h5-6H,4H2,1-2H3,(H,9,11)/b7-5+. The summed E-state index contributed by atoms with van der Waals surface area (Å²) in [6.07, 6.45) is 2.23. The van der Waals surface area contributed by atoms with Crippen molar-refractivity contribution < 1.29 is 4.79 Å².